The van der Waals surface area contributed by atoms with Crippen LogP contribution in [-0.4, -0.2) is 35.1 Å². The SMILES string of the molecule is Cc1ccnc(N2CCCCC2CNC2CC2)n1. The van der Waals surface area contributed by atoms with Crippen molar-refractivity contribution >= 4 is 5.95 Å². The van der Waals surface area contributed by atoms with E-state index in [-0.39, 0.29) is 0 Å². The van der Waals surface area contributed by atoms with Gasteiger partial charge < -0.3 is 10.2 Å². The number of aryl methyl sites for hydroxylation is 1. The van der Waals surface area contributed by atoms with E-state index in [2.05, 4.69) is 20.2 Å². The van der Waals surface area contributed by atoms with E-state index in [1.807, 2.05) is 19.2 Å². The van der Waals surface area contributed by atoms with Gasteiger partial charge in [-0.15, -0.1) is 0 Å². The van der Waals surface area contributed by atoms with Crippen LogP contribution in [0.3, 0.4) is 0 Å². The van der Waals surface area contributed by atoms with Gasteiger partial charge in [0.2, 0.25) is 5.95 Å². The lowest BCUT2D eigenvalue weighted by atomic mass is 10.0. The molecule has 1 unspecified atom stereocenters. The Hall–Kier alpha value is -1.16. The van der Waals surface area contributed by atoms with Gasteiger partial charge in [-0.1, -0.05) is 0 Å². The molecular weight excluding hydrogens is 224 g/mol. The first-order chi connectivity index (χ1) is 8.83. The third-order valence-corrected chi connectivity index (χ3v) is 3.89. The van der Waals surface area contributed by atoms with Gasteiger partial charge in [0.15, 0.2) is 0 Å². The molecule has 0 amide bonds. The van der Waals surface area contributed by atoms with E-state index in [4.69, 9.17) is 0 Å². The largest absolute Gasteiger partial charge is 0.337 e. The fourth-order valence-corrected chi connectivity index (χ4v) is 2.64. The molecule has 18 heavy (non-hydrogen) atoms. The Bertz CT molecular complexity index is 403. The molecule has 0 radical (unpaired) electrons. The Balaban J connectivity index is 1.69. The zero-order valence-electron chi connectivity index (χ0n) is 11.1. The highest BCUT2D eigenvalue weighted by Crippen LogP contribution is 2.23. The van der Waals surface area contributed by atoms with Crippen molar-refractivity contribution in [2.24, 2.45) is 0 Å². The average Bonchev–Trinajstić information content (AvgIpc) is 3.21. The molecule has 2 heterocycles. The summed E-state index contributed by atoms with van der Waals surface area (Å²) >= 11 is 0. The molecule has 2 fully saturated rings. The van der Waals surface area contributed by atoms with E-state index in [0.29, 0.717) is 6.04 Å². The number of nitrogens with zero attached hydrogens (tertiary/aromatic N) is 3. The van der Waals surface area contributed by atoms with Crippen LogP contribution in [0.1, 0.15) is 37.8 Å². The van der Waals surface area contributed by atoms with Crippen molar-refractivity contribution in [2.75, 3.05) is 18.0 Å². The highest BCUT2D eigenvalue weighted by Gasteiger charge is 2.27. The van der Waals surface area contributed by atoms with Gasteiger partial charge in [0.05, 0.1) is 0 Å². The van der Waals surface area contributed by atoms with Gasteiger partial charge in [0, 0.05) is 37.1 Å². The van der Waals surface area contributed by atoms with Crippen molar-refractivity contribution in [1.29, 1.82) is 0 Å². The Morgan fingerprint density at radius 1 is 1.33 bits per heavy atom. The average molecular weight is 246 g/mol. The number of hydrogen-bond acceptors (Lipinski definition) is 4. The predicted molar refractivity (Wildman–Crippen MR) is 72.8 cm³/mol. The number of rotatable bonds is 4. The number of aromatic nitrogens is 2. The normalized spacial score (nSPS) is 24.3. The highest BCUT2D eigenvalue weighted by atomic mass is 15.3. The Kier molecular flexibility index (Phi) is 3.46. The highest BCUT2D eigenvalue weighted by molar-refractivity contribution is 5.33. The maximum Gasteiger partial charge on any atom is 0.225 e. The fourth-order valence-electron chi connectivity index (χ4n) is 2.64. The lowest BCUT2D eigenvalue weighted by Gasteiger charge is -2.36. The van der Waals surface area contributed by atoms with Gasteiger partial charge in [-0.3, -0.25) is 0 Å². The van der Waals surface area contributed by atoms with Gasteiger partial charge in [0.1, 0.15) is 0 Å². The van der Waals surface area contributed by atoms with E-state index in [9.17, 15) is 0 Å². The molecule has 0 spiro atoms. The van der Waals surface area contributed by atoms with Gasteiger partial charge in [-0.2, -0.15) is 0 Å². The number of nitrogens with one attached hydrogen (secondary N) is 1. The van der Waals surface area contributed by atoms with Crippen molar-refractivity contribution in [2.45, 2.75) is 51.1 Å². The molecule has 1 aromatic heterocycles. The molecule has 1 aliphatic heterocycles. The van der Waals surface area contributed by atoms with Crippen molar-refractivity contribution < 1.29 is 0 Å². The molecule has 0 bridgehead atoms. The minimum atomic E-state index is 0.571. The monoisotopic (exact) mass is 246 g/mol. The first-order valence-electron chi connectivity index (χ1n) is 7.12. The van der Waals surface area contributed by atoms with Crippen molar-refractivity contribution in [3.8, 4) is 0 Å². The second-order valence-electron chi connectivity index (χ2n) is 5.52. The first kappa shape index (κ1) is 11.9. The van der Waals surface area contributed by atoms with Crippen molar-refractivity contribution in [1.82, 2.24) is 15.3 Å². The zero-order valence-corrected chi connectivity index (χ0v) is 11.1. The van der Waals surface area contributed by atoms with Gasteiger partial charge in [-0.05, 0) is 45.1 Å². The standard InChI is InChI=1S/C14H22N4/c1-11-7-8-15-14(17-11)18-9-3-2-4-13(18)10-16-12-5-6-12/h7-8,12-13,16H,2-6,9-10H2,1H3. The minimum absolute atomic E-state index is 0.571. The summed E-state index contributed by atoms with van der Waals surface area (Å²) in [4.78, 5) is 11.4. The Morgan fingerprint density at radius 2 is 2.22 bits per heavy atom. The second-order valence-corrected chi connectivity index (χ2v) is 5.52. The van der Waals surface area contributed by atoms with Crippen LogP contribution in [0.5, 0.6) is 0 Å². The summed E-state index contributed by atoms with van der Waals surface area (Å²) < 4.78 is 0. The fraction of sp³-hybridized carbons (Fsp3) is 0.714. The van der Waals surface area contributed by atoms with Crippen LogP contribution in [0.4, 0.5) is 5.95 Å². The summed E-state index contributed by atoms with van der Waals surface area (Å²) in [6, 6.07) is 3.32. The topological polar surface area (TPSA) is 41.1 Å². The molecule has 3 rings (SSSR count). The Morgan fingerprint density at radius 3 is 3.00 bits per heavy atom. The van der Waals surface area contributed by atoms with Crippen LogP contribution >= 0.6 is 0 Å². The molecule has 98 valence electrons. The maximum atomic E-state index is 4.58. The predicted octanol–water partition coefficient (Wildman–Crippen LogP) is 1.90. The molecule has 2 aliphatic rings. The molecule has 1 aromatic rings. The number of piperidine rings is 1. The smallest absolute Gasteiger partial charge is 0.225 e. The lowest BCUT2D eigenvalue weighted by molar-refractivity contribution is 0.428. The van der Waals surface area contributed by atoms with Crippen LogP contribution in [0.15, 0.2) is 12.3 Å². The molecule has 1 N–H and O–H groups in total. The molecule has 1 saturated carbocycles. The summed E-state index contributed by atoms with van der Waals surface area (Å²) in [7, 11) is 0. The minimum Gasteiger partial charge on any atom is -0.337 e. The molecule has 1 saturated heterocycles. The van der Waals surface area contributed by atoms with Gasteiger partial charge >= 0.3 is 0 Å². The lowest BCUT2D eigenvalue weighted by Crippen LogP contribution is -2.46. The Labute approximate surface area is 109 Å². The quantitative estimate of drug-likeness (QED) is 0.881. The molecule has 0 aromatic carbocycles. The molecule has 4 nitrogen and oxygen atoms in total. The van der Waals surface area contributed by atoms with Crippen molar-refractivity contribution in [3.05, 3.63) is 18.0 Å². The third kappa shape index (κ3) is 2.80. The van der Waals surface area contributed by atoms with Crippen molar-refractivity contribution in [3.63, 3.8) is 0 Å². The van der Waals surface area contributed by atoms with Gasteiger partial charge in [0.25, 0.3) is 0 Å². The molecule has 1 aliphatic carbocycles. The zero-order chi connectivity index (χ0) is 12.4. The van der Waals surface area contributed by atoms with E-state index < -0.39 is 0 Å². The third-order valence-electron chi connectivity index (χ3n) is 3.89. The van der Waals surface area contributed by atoms with Crippen LogP contribution < -0.4 is 10.2 Å². The van der Waals surface area contributed by atoms with E-state index in [1.165, 1.54) is 32.1 Å². The second kappa shape index (κ2) is 5.22. The van der Waals surface area contributed by atoms with Gasteiger partial charge in [-0.25, -0.2) is 9.97 Å². The van der Waals surface area contributed by atoms with Crippen LogP contribution in [0.25, 0.3) is 0 Å². The number of anilines is 1. The van der Waals surface area contributed by atoms with E-state index in [0.717, 1.165) is 30.8 Å². The summed E-state index contributed by atoms with van der Waals surface area (Å²) in [5, 5.41) is 3.64. The van der Waals surface area contributed by atoms with E-state index >= 15 is 0 Å². The summed E-state index contributed by atoms with van der Waals surface area (Å²) in [5.74, 6) is 0.914. The van der Waals surface area contributed by atoms with Crippen LogP contribution in [0.2, 0.25) is 0 Å². The summed E-state index contributed by atoms with van der Waals surface area (Å²) in [6.45, 7) is 4.22. The molecule has 4 heteroatoms. The van der Waals surface area contributed by atoms with Crippen LogP contribution in [-0.2, 0) is 0 Å². The van der Waals surface area contributed by atoms with E-state index in [1.54, 1.807) is 0 Å². The van der Waals surface area contributed by atoms with Crippen LogP contribution in [0, 0.1) is 6.92 Å². The summed E-state index contributed by atoms with van der Waals surface area (Å²) in [5.41, 5.74) is 1.06. The first-order valence-corrected chi connectivity index (χ1v) is 7.12. The molecular formula is C14H22N4. The number of hydrogen-bond donors (Lipinski definition) is 1. The maximum absolute atomic E-state index is 4.58. The summed E-state index contributed by atoms with van der Waals surface area (Å²) in [6.07, 6.45) is 8.44. The molecule has 1 atom stereocenters.